The van der Waals surface area contributed by atoms with E-state index < -0.39 is 10.0 Å². The Balaban J connectivity index is 1.94. The molecule has 3 atom stereocenters. The molecule has 0 saturated carbocycles. The average Bonchev–Trinajstić information content (AvgIpc) is 2.51. The minimum absolute atomic E-state index is 0.478. The van der Waals surface area contributed by atoms with Gasteiger partial charge in [-0.05, 0) is 45.6 Å². The lowest BCUT2D eigenvalue weighted by atomic mass is 9.98. The van der Waals surface area contributed by atoms with Crippen LogP contribution in [0.15, 0.2) is 0 Å². The van der Waals surface area contributed by atoms with Crippen LogP contribution in [0, 0.1) is 5.92 Å². The van der Waals surface area contributed by atoms with Gasteiger partial charge in [-0.3, -0.25) is 4.90 Å². The van der Waals surface area contributed by atoms with Gasteiger partial charge in [0, 0.05) is 38.3 Å². The number of piperidine rings is 1. The smallest absolute Gasteiger partial charge is 0.211 e. The molecule has 2 heterocycles. The zero-order valence-electron chi connectivity index (χ0n) is 13.0. The Hall–Kier alpha value is -0.170. The van der Waals surface area contributed by atoms with Crippen molar-refractivity contribution in [3.63, 3.8) is 0 Å². The van der Waals surface area contributed by atoms with E-state index in [2.05, 4.69) is 24.1 Å². The van der Waals surface area contributed by atoms with Gasteiger partial charge in [-0.1, -0.05) is 0 Å². The molecule has 0 bridgehead atoms. The maximum atomic E-state index is 11.7. The molecule has 6 heteroatoms. The van der Waals surface area contributed by atoms with Gasteiger partial charge in [-0.25, -0.2) is 12.7 Å². The first-order valence-corrected chi connectivity index (χ1v) is 9.63. The predicted octanol–water partition coefficient (Wildman–Crippen LogP) is 0.730. The molecule has 2 fully saturated rings. The summed E-state index contributed by atoms with van der Waals surface area (Å²) in [4.78, 5) is 2.54. The van der Waals surface area contributed by atoms with Gasteiger partial charge in [-0.2, -0.15) is 0 Å². The molecule has 0 aromatic carbocycles. The maximum absolute atomic E-state index is 11.7. The monoisotopic (exact) mass is 303 g/mol. The summed E-state index contributed by atoms with van der Waals surface area (Å²) in [5.74, 6) is 0.478. The third kappa shape index (κ3) is 4.41. The Morgan fingerprint density at radius 1 is 1.20 bits per heavy atom. The van der Waals surface area contributed by atoms with Gasteiger partial charge in [0.05, 0.1) is 6.26 Å². The fraction of sp³-hybridized carbons (Fsp3) is 1.00. The van der Waals surface area contributed by atoms with Crippen molar-refractivity contribution in [1.29, 1.82) is 0 Å². The highest BCUT2D eigenvalue weighted by molar-refractivity contribution is 7.88. The molecule has 1 N–H and O–H groups in total. The van der Waals surface area contributed by atoms with Crippen molar-refractivity contribution in [1.82, 2.24) is 14.5 Å². The zero-order valence-corrected chi connectivity index (χ0v) is 13.8. The summed E-state index contributed by atoms with van der Waals surface area (Å²) >= 11 is 0. The Bertz CT molecular complexity index is 413. The number of nitrogens with zero attached hydrogens (tertiary/aromatic N) is 2. The van der Waals surface area contributed by atoms with E-state index in [1.165, 1.54) is 12.7 Å². The van der Waals surface area contributed by atoms with E-state index >= 15 is 0 Å². The fourth-order valence-electron chi connectivity index (χ4n) is 3.38. The van der Waals surface area contributed by atoms with Crippen LogP contribution < -0.4 is 5.32 Å². The van der Waals surface area contributed by atoms with Crippen LogP contribution in [0.25, 0.3) is 0 Å². The molecule has 0 spiro atoms. The normalized spacial score (nSPS) is 34.9. The third-order valence-electron chi connectivity index (χ3n) is 4.63. The molecule has 5 nitrogen and oxygen atoms in total. The number of hydrogen-bond acceptors (Lipinski definition) is 4. The first kappa shape index (κ1) is 16.2. The van der Waals surface area contributed by atoms with E-state index in [0.717, 1.165) is 32.5 Å². The highest BCUT2D eigenvalue weighted by atomic mass is 32.2. The Labute approximate surface area is 123 Å². The average molecular weight is 303 g/mol. The van der Waals surface area contributed by atoms with Crippen molar-refractivity contribution in [2.24, 2.45) is 5.92 Å². The largest absolute Gasteiger partial charge is 0.313 e. The summed E-state index contributed by atoms with van der Waals surface area (Å²) < 4.78 is 25.1. The van der Waals surface area contributed by atoms with Gasteiger partial charge in [0.2, 0.25) is 10.0 Å². The third-order valence-corrected chi connectivity index (χ3v) is 5.90. The molecule has 118 valence electrons. The second-order valence-electron chi connectivity index (χ2n) is 6.58. The number of hydrogen-bond donors (Lipinski definition) is 1. The second kappa shape index (κ2) is 6.73. The van der Waals surface area contributed by atoms with Crippen LogP contribution in [0.1, 0.15) is 33.1 Å². The molecule has 2 saturated heterocycles. The molecule has 20 heavy (non-hydrogen) atoms. The van der Waals surface area contributed by atoms with Crippen molar-refractivity contribution in [3.05, 3.63) is 0 Å². The maximum Gasteiger partial charge on any atom is 0.211 e. The van der Waals surface area contributed by atoms with E-state index in [0.29, 0.717) is 31.1 Å². The molecule has 0 aromatic heterocycles. The molecule has 0 aromatic rings. The van der Waals surface area contributed by atoms with E-state index in [4.69, 9.17) is 0 Å². The summed E-state index contributed by atoms with van der Waals surface area (Å²) in [7, 11) is -3.03. The van der Waals surface area contributed by atoms with E-state index in [1.807, 2.05) is 0 Å². The van der Waals surface area contributed by atoms with Crippen LogP contribution >= 0.6 is 0 Å². The van der Waals surface area contributed by atoms with Gasteiger partial charge >= 0.3 is 0 Å². The molecule has 0 amide bonds. The van der Waals surface area contributed by atoms with Crippen LogP contribution in [0.3, 0.4) is 0 Å². The van der Waals surface area contributed by atoms with E-state index in [1.54, 1.807) is 4.31 Å². The molecule has 2 rings (SSSR count). The second-order valence-corrected chi connectivity index (χ2v) is 8.56. The van der Waals surface area contributed by atoms with Crippen LogP contribution in [0.5, 0.6) is 0 Å². The number of rotatable bonds is 3. The van der Waals surface area contributed by atoms with Gasteiger partial charge in [0.15, 0.2) is 0 Å². The van der Waals surface area contributed by atoms with Crippen LogP contribution in [0.4, 0.5) is 0 Å². The van der Waals surface area contributed by atoms with Crippen molar-refractivity contribution in [2.45, 2.75) is 45.2 Å². The van der Waals surface area contributed by atoms with Gasteiger partial charge < -0.3 is 5.32 Å². The van der Waals surface area contributed by atoms with Crippen LogP contribution in [-0.2, 0) is 10.0 Å². The summed E-state index contributed by atoms with van der Waals surface area (Å²) in [6.07, 6.45) is 4.65. The minimum Gasteiger partial charge on any atom is -0.313 e. The molecule has 0 aliphatic carbocycles. The summed E-state index contributed by atoms with van der Waals surface area (Å²) in [6.45, 7) is 9.09. The van der Waals surface area contributed by atoms with Gasteiger partial charge in [0.25, 0.3) is 0 Å². The Kier molecular flexibility index (Phi) is 5.45. The Morgan fingerprint density at radius 3 is 2.65 bits per heavy atom. The molecule has 2 aliphatic rings. The predicted molar refractivity (Wildman–Crippen MR) is 82.3 cm³/mol. The number of nitrogens with one attached hydrogen (secondary N) is 1. The van der Waals surface area contributed by atoms with Crippen LogP contribution in [0.2, 0.25) is 0 Å². The summed E-state index contributed by atoms with van der Waals surface area (Å²) in [5.41, 5.74) is 0. The zero-order chi connectivity index (χ0) is 14.8. The fourth-order valence-corrected chi connectivity index (χ4v) is 4.32. The molecule has 2 aliphatic heterocycles. The summed E-state index contributed by atoms with van der Waals surface area (Å²) in [5, 5.41) is 3.53. The standard InChI is InChI=1S/C14H29N3O2S/c1-12-9-16(13(2)6-7-15-12)10-14-5-4-8-17(11-14)20(3,18)19/h12-15H,4-11H2,1-3H3. The van der Waals surface area contributed by atoms with Crippen molar-refractivity contribution in [3.8, 4) is 0 Å². The van der Waals surface area contributed by atoms with Crippen LogP contribution in [-0.4, -0.2) is 68.7 Å². The lowest BCUT2D eigenvalue weighted by Gasteiger charge is -2.36. The first-order valence-electron chi connectivity index (χ1n) is 7.79. The van der Waals surface area contributed by atoms with Crippen molar-refractivity contribution in [2.75, 3.05) is 39.0 Å². The molecule has 0 radical (unpaired) electrons. The SMILES string of the molecule is CC1CN(CC2CCCN(S(C)(=O)=O)C2)C(C)CCN1. The van der Waals surface area contributed by atoms with Crippen molar-refractivity contribution < 1.29 is 8.42 Å². The first-order chi connectivity index (χ1) is 9.36. The minimum atomic E-state index is -3.03. The van der Waals surface area contributed by atoms with E-state index in [9.17, 15) is 8.42 Å². The topological polar surface area (TPSA) is 52.7 Å². The molecule has 3 unspecified atom stereocenters. The Morgan fingerprint density at radius 2 is 1.95 bits per heavy atom. The van der Waals surface area contributed by atoms with Gasteiger partial charge in [-0.15, -0.1) is 0 Å². The highest BCUT2D eigenvalue weighted by Crippen LogP contribution is 2.21. The van der Waals surface area contributed by atoms with E-state index in [-0.39, 0.29) is 0 Å². The molecular weight excluding hydrogens is 274 g/mol. The number of sulfonamides is 1. The lowest BCUT2D eigenvalue weighted by molar-refractivity contribution is 0.143. The molecular formula is C14H29N3O2S. The lowest BCUT2D eigenvalue weighted by Crippen LogP contribution is -2.46. The van der Waals surface area contributed by atoms with Crippen molar-refractivity contribution >= 4 is 10.0 Å². The summed E-state index contributed by atoms with van der Waals surface area (Å²) in [6, 6.07) is 1.11. The highest BCUT2D eigenvalue weighted by Gasteiger charge is 2.29. The quantitative estimate of drug-likeness (QED) is 0.835. The van der Waals surface area contributed by atoms with Gasteiger partial charge in [0.1, 0.15) is 0 Å².